The number of ketones is 1. The molecule has 1 heterocycles. The molecule has 0 unspecified atom stereocenters. The van der Waals surface area contributed by atoms with Gasteiger partial charge in [-0.25, -0.2) is 4.39 Å². The summed E-state index contributed by atoms with van der Waals surface area (Å²) in [5.41, 5.74) is 1.47. The predicted octanol–water partition coefficient (Wildman–Crippen LogP) is 3.74. The standard InChI is InChI=1S/C23H29B2FO4/c1-7-24-14-15-8-10-17(21(27)16-9-11-20(28-6)19(26)13-16)18(12-15)25-29-22(2,3)23(4,5)30-25/h8-13,24H,7,14H2,1-6H3. The molecule has 0 amide bonds. The van der Waals surface area contributed by atoms with Gasteiger partial charge in [-0.05, 0) is 51.4 Å². The van der Waals surface area contributed by atoms with Crippen LogP contribution in [0, 0.1) is 5.82 Å². The van der Waals surface area contributed by atoms with Gasteiger partial charge >= 0.3 is 7.12 Å². The largest absolute Gasteiger partial charge is 0.495 e. The van der Waals surface area contributed by atoms with Crippen LogP contribution in [0.3, 0.4) is 0 Å². The third-order valence-electron chi connectivity index (χ3n) is 6.10. The van der Waals surface area contributed by atoms with Gasteiger partial charge in [-0.1, -0.05) is 43.3 Å². The van der Waals surface area contributed by atoms with Crippen molar-refractivity contribution in [2.75, 3.05) is 7.11 Å². The minimum Gasteiger partial charge on any atom is -0.494 e. The summed E-state index contributed by atoms with van der Waals surface area (Å²) in [6.45, 7) is 10.1. The van der Waals surface area contributed by atoms with Crippen LogP contribution < -0.4 is 10.2 Å². The van der Waals surface area contributed by atoms with E-state index in [2.05, 4.69) is 6.92 Å². The second-order valence-electron chi connectivity index (χ2n) is 8.79. The van der Waals surface area contributed by atoms with E-state index in [1.54, 1.807) is 12.1 Å². The van der Waals surface area contributed by atoms with Crippen molar-refractivity contribution >= 4 is 25.6 Å². The van der Waals surface area contributed by atoms with Crippen LogP contribution in [0.25, 0.3) is 0 Å². The number of halogens is 1. The fraction of sp³-hybridized carbons (Fsp3) is 0.435. The van der Waals surface area contributed by atoms with Crippen molar-refractivity contribution in [1.29, 1.82) is 0 Å². The molecule has 4 nitrogen and oxygen atoms in total. The molecule has 1 saturated heterocycles. The van der Waals surface area contributed by atoms with Crippen LogP contribution in [0.4, 0.5) is 4.39 Å². The number of benzene rings is 2. The van der Waals surface area contributed by atoms with Gasteiger partial charge in [0.1, 0.15) is 7.28 Å². The second-order valence-corrected chi connectivity index (χ2v) is 8.79. The van der Waals surface area contributed by atoms with Crippen molar-refractivity contribution in [3.8, 4) is 5.75 Å². The summed E-state index contributed by atoms with van der Waals surface area (Å²) in [7, 11) is 1.78. The van der Waals surface area contributed by atoms with E-state index >= 15 is 0 Å². The number of methoxy groups -OCH3 is 1. The molecule has 0 bridgehead atoms. The lowest BCUT2D eigenvalue weighted by Crippen LogP contribution is -2.41. The summed E-state index contributed by atoms with van der Waals surface area (Å²) in [5, 5.41) is 0. The first kappa shape index (κ1) is 22.6. The van der Waals surface area contributed by atoms with Crippen LogP contribution in [-0.4, -0.2) is 38.5 Å². The molecule has 30 heavy (non-hydrogen) atoms. The zero-order valence-corrected chi connectivity index (χ0v) is 18.7. The van der Waals surface area contributed by atoms with Crippen molar-refractivity contribution in [2.24, 2.45) is 0 Å². The molecule has 2 aromatic rings. The summed E-state index contributed by atoms with van der Waals surface area (Å²) < 4.78 is 31.6. The molecule has 0 aromatic heterocycles. The van der Waals surface area contributed by atoms with Crippen LogP contribution in [0.2, 0.25) is 6.32 Å². The Morgan fingerprint density at radius 1 is 1.10 bits per heavy atom. The molecule has 1 aliphatic heterocycles. The average Bonchev–Trinajstić information content (AvgIpc) is 2.92. The van der Waals surface area contributed by atoms with E-state index in [1.807, 2.05) is 39.8 Å². The van der Waals surface area contributed by atoms with Crippen LogP contribution in [0.15, 0.2) is 36.4 Å². The van der Waals surface area contributed by atoms with Crippen molar-refractivity contribution in [2.45, 2.75) is 58.5 Å². The normalized spacial score (nSPS) is 17.1. The maximum Gasteiger partial charge on any atom is 0.495 e. The summed E-state index contributed by atoms with van der Waals surface area (Å²) >= 11 is 0. The van der Waals surface area contributed by atoms with Gasteiger partial charge in [0.15, 0.2) is 17.3 Å². The predicted molar refractivity (Wildman–Crippen MR) is 120 cm³/mol. The Balaban J connectivity index is 2.03. The number of carbonyl (C=O) groups is 1. The SMILES string of the molecule is CCBCc1ccc(C(=O)c2ccc(OC)c(F)c2)c(B2OC(C)(C)C(C)(C)O2)c1. The van der Waals surface area contributed by atoms with E-state index in [1.165, 1.54) is 19.2 Å². The monoisotopic (exact) mass is 410 g/mol. The second kappa shape index (κ2) is 8.56. The van der Waals surface area contributed by atoms with Crippen molar-refractivity contribution < 1.29 is 23.2 Å². The van der Waals surface area contributed by atoms with Gasteiger partial charge in [0.25, 0.3) is 0 Å². The molecule has 0 atom stereocenters. The van der Waals surface area contributed by atoms with Gasteiger partial charge < -0.3 is 14.0 Å². The Kier molecular flexibility index (Phi) is 6.44. The van der Waals surface area contributed by atoms with Crippen molar-refractivity contribution in [1.82, 2.24) is 0 Å². The first-order chi connectivity index (χ1) is 14.1. The minimum absolute atomic E-state index is 0.104. The average molecular weight is 410 g/mol. The fourth-order valence-corrected chi connectivity index (χ4v) is 3.48. The van der Waals surface area contributed by atoms with Crippen LogP contribution in [-0.2, 0) is 15.6 Å². The van der Waals surface area contributed by atoms with Crippen LogP contribution in [0.1, 0.15) is 56.1 Å². The third kappa shape index (κ3) is 4.33. The highest BCUT2D eigenvalue weighted by molar-refractivity contribution is 6.64. The summed E-state index contributed by atoms with van der Waals surface area (Å²) in [4.78, 5) is 13.3. The van der Waals surface area contributed by atoms with E-state index in [4.69, 9.17) is 14.0 Å². The lowest BCUT2D eigenvalue weighted by Gasteiger charge is -2.32. The first-order valence-electron chi connectivity index (χ1n) is 10.5. The Morgan fingerprint density at radius 2 is 1.77 bits per heavy atom. The summed E-state index contributed by atoms with van der Waals surface area (Å²) in [6, 6.07) is 9.99. The van der Waals surface area contributed by atoms with Gasteiger partial charge in [-0.3, -0.25) is 4.79 Å². The molecule has 158 valence electrons. The fourth-order valence-electron chi connectivity index (χ4n) is 3.48. The molecule has 2 aromatic carbocycles. The topological polar surface area (TPSA) is 44.8 Å². The molecular formula is C23H29B2FO4. The number of carbonyl (C=O) groups excluding carboxylic acids is 1. The Labute approximate surface area is 179 Å². The molecule has 0 spiro atoms. The van der Waals surface area contributed by atoms with Crippen molar-refractivity contribution in [3.63, 3.8) is 0 Å². The maximum absolute atomic E-state index is 14.2. The zero-order valence-electron chi connectivity index (χ0n) is 18.7. The molecule has 1 fully saturated rings. The van der Waals surface area contributed by atoms with E-state index in [9.17, 15) is 9.18 Å². The van der Waals surface area contributed by atoms with Gasteiger partial charge in [-0.2, -0.15) is 0 Å². The number of rotatable bonds is 7. The van der Waals surface area contributed by atoms with Gasteiger partial charge in [-0.15, -0.1) is 0 Å². The number of hydrogen-bond donors (Lipinski definition) is 0. The Morgan fingerprint density at radius 3 is 2.33 bits per heavy atom. The summed E-state index contributed by atoms with van der Waals surface area (Å²) in [6.07, 6.45) is 1.99. The quantitative estimate of drug-likeness (QED) is 0.516. The maximum atomic E-state index is 14.2. The van der Waals surface area contributed by atoms with Crippen molar-refractivity contribution in [3.05, 3.63) is 58.9 Å². The van der Waals surface area contributed by atoms with Gasteiger partial charge in [0.05, 0.1) is 18.3 Å². The molecule has 1 aliphatic rings. The number of hydrogen-bond acceptors (Lipinski definition) is 4. The van der Waals surface area contributed by atoms with E-state index in [-0.39, 0.29) is 17.1 Å². The van der Waals surface area contributed by atoms with Gasteiger partial charge in [0.2, 0.25) is 0 Å². The molecule has 3 rings (SSSR count). The Hall–Kier alpha value is -2.11. The molecule has 7 heteroatoms. The summed E-state index contributed by atoms with van der Waals surface area (Å²) in [5.74, 6) is -0.740. The van der Waals surface area contributed by atoms with E-state index < -0.39 is 24.1 Å². The highest BCUT2D eigenvalue weighted by Crippen LogP contribution is 2.37. The third-order valence-corrected chi connectivity index (χ3v) is 6.10. The molecule has 0 radical (unpaired) electrons. The lowest BCUT2D eigenvalue weighted by molar-refractivity contribution is 0.00578. The lowest BCUT2D eigenvalue weighted by atomic mass is 9.67. The smallest absolute Gasteiger partial charge is 0.494 e. The van der Waals surface area contributed by atoms with Gasteiger partial charge in [0, 0.05) is 11.1 Å². The highest BCUT2D eigenvalue weighted by Gasteiger charge is 2.52. The molecule has 0 N–H and O–H groups in total. The molecule has 0 saturated carbocycles. The van der Waals surface area contributed by atoms with Crippen LogP contribution >= 0.6 is 0 Å². The highest BCUT2D eigenvalue weighted by atomic mass is 19.1. The van der Waals surface area contributed by atoms with E-state index in [0.29, 0.717) is 11.0 Å². The minimum atomic E-state index is -0.668. The van der Waals surface area contributed by atoms with E-state index in [0.717, 1.165) is 25.5 Å². The first-order valence-corrected chi connectivity index (χ1v) is 10.5. The zero-order chi connectivity index (χ0) is 22.1. The molecule has 0 aliphatic carbocycles. The number of ether oxygens (including phenoxy) is 1. The van der Waals surface area contributed by atoms with Crippen LogP contribution in [0.5, 0.6) is 5.75 Å². The Bertz CT molecular complexity index is 927. The molecular weight excluding hydrogens is 381 g/mol.